The molecule has 0 unspecified atom stereocenters. The molecule has 4 aliphatic heterocycles. The molecule has 4 saturated heterocycles. The normalized spacial score (nSPS) is 38.8. The van der Waals surface area contributed by atoms with Crippen LogP contribution in [-0.4, -0.2) is 59.4 Å². The number of hydrogen-bond donors (Lipinski definition) is 1. The summed E-state index contributed by atoms with van der Waals surface area (Å²) in [5, 5.41) is 10.6. The van der Waals surface area contributed by atoms with Gasteiger partial charge in [0.1, 0.15) is 5.75 Å². The maximum absolute atomic E-state index is 9.91. The molecule has 4 heterocycles. The third-order valence-electron chi connectivity index (χ3n) is 4.42. The molecule has 20 heavy (non-hydrogen) atoms. The molecule has 0 amide bonds. The van der Waals surface area contributed by atoms with Crippen molar-refractivity contribution in [1.82, 2.24) is 14.7 Å². The number of phenolic OH excluding ortho intramolecular Hbond substituents is 1. The number of phenols is 1. The number of halogens is 1. The van der Waals surface area contributed by atoms with Crippen LogP contribution in [0.1, 0.15) is 5.56 Å². The first-order chi connectivity index (χ1) is 9.62. The average molecular weight is 292 g/mol. The Morgan fingerprint density at radius 1 is 1.05 bits per heavy atom. The zero-order valence-corrected chi connectivity index (χ0v) is 12.1. The molecule has 0 spiro atoms. The van der Waals surface area contributed by atoms with Gasteiger partial charge in [0.2, 0.25) is 0 Å². The highest BCUT2D eigenvalue weighted by Crippen LogP contribution is 2.37. The van der Waals surface area contributed by atoms with Gasteiger partial charge in [-0.3, -0.25) is 14.7 Å². The predicted octanol–water partition coefficient (Wildman–Crippen LogP) is 1.86. The summed E-state index contributed by atoms with van der Waals surface area (Å²) in [6, 6.07) is 5.18. The first-order valence-electron chi connectivity index (χ1n) is 6.97. The molecular formula is C15H18ClN3O. The van der Waals surface area contributed by atoms with E-state index < -0.39 is 0 Å². The minimum Gasteiger partial charge on any atom is -0.507 e. The van der Waals surface area contributed by atoms with Crippen LogP contribution in [0.4, 0.5) is 0 Å². The fourth-order valence-electron chi connectivity index (χ4n) is 3.85. The van der Waals surface area contributed by atoms with Gasteiger partial charge in [-0.15, -0.1) is 0 Å². The molecule has 1 N–H and O–H groups in total. The van der Waals surface area contributed by atoms with Crippen LogP contribution >= 0.6 is 11.6 Å². The summed E-state index contributed by atoms with van der Waals surface area (Å²) in [5.74, 6) is 0.288. The lowest BCUT2D eigenvalue weighted by Crippen LogP contribution is -2.72. The molecule has 0 aromatic heterocycles. The van der Waals surface area contributed by atoms with Crippen LogP contribution in [0.25, 0.3) is 6.08 Å². The van der Waals surface area contributed by atoms with Crippen LogP contribution in [0.5, 0.6) is 5.75 Å². The number of aromatic hydroxyl groups is 1. The second-order valence-corrected chi connectivity index (χ2v) is 6.75. The number of nitrogens with zero attached hydrogens (tertiary/aromatic N) is 3. The van der Waals surface area contributed by atoms with Crippen LogP contribution in [0.2, 0.25) is 5.02 Å². The number of rotatable bonds is 2. The summed E-state index contributed by atoms with van der Waals surface area (Å²) < 4.78 is 0. The monoisotopic (exact) mass is 291 g/mol. The Balaban J connectivity index is 1.62. The molecule has 0 aliphatic carbocycles. The van der Waals surface area contributed by atoms with Crippen molar-refractivity contribution in [2.75, 3.05) is 39.6 Å². The molecule has 4 aliphatic rings. The molecule has 1 aromatic carbocycles. The van der Waals surface area contributed by atoms with E-state index >= 15 is 0 Å². The summed E-state index contributed by atoms with van der Waals surface area (Å²) in [6.45, 7) is 6.60. The first-order valence-corrected chi connectivity index (χ1v) is 7.35. The van der Waals surface area contributed by atoms with Crippen LogP contribution < -0.4 is 0 Å². The van der Waals surface area contributed by atoms with Crippen molar-refractivity contribution in [1.29, 1.82) is 0 Å². The van der Waals surface area contributed by atoms with Gasteiger partial charge in [-0.25, -0.2) is 0 Å². The third-order valence-corrected chi connectivity index (χ3v) is 4.66. The van der Waals surface area contributed by atoms with Crippen LogP contribution in [0.15, 0.2) is 24.3 Å². The quantitative estimate of drug-likeness (QED) is 0.901. The van der Waals surface area contributed by atoms with E-state index in [4.69, 9.17) is 11.6 Å². The highest BCUT2D eigenvalue weighted by Gasteiger charge is 2.46. The minimum atomic E-state index is 0.184. The van der Waals surface area contributed by atoms with Crippen LogP contribution in [-0.2, 0) is 0 Å². The van der Waals surface area contributed by atoms with E-state index in [2.05, 4.69) is 20.8 Å². The Hall–Kier alpha value is -1.07. The van der Waals surface area contributed by atoms with Gasteiger partial charge < -0.3 is 5.11 Å². The highest BCUT2D eigenvalue weighted by atomic mass is 35.5. The van der Waals surface area contributed by atoms with Crippen molar-refractivity contribution in [3.8, 4) is 5.75 Å². The highest BCUT2D eigenvalue weighted by molar-refractivity contribution is 6.30. The minimum absolute atomic E-state index is 0.184. The van der Waals surface area contributed by atoms with Crippen molar-refractivity contribution in [3.05, 3.63) is 34.9 Å². The van der Waals surface area contributed by atoms with E-state index in [1.54, 1.807) is 12.1 Å². The van der Waals surface area contributed by atoms with E-state index in [0.717, 1.165) is 45.2 Å². The fraction of sp³-hybridized carbons (Fsp3) is 0.467. The summed E-state index contributed by atoms with van der Waals surface area (Å²) in [6.07, 6.45) is 4.29. The lowest BCUT2D eigenvalue weighted by atomic mass is 9.80. The van der Waals surface area contributed by atoms with Gasteiger partial charge in [0.15, 0.2) is 0 Å². The Kier molecular flexibility index (Phi) is 2.82. The van der Waals surface area contributed by atoms with E-state index in [1.807, 2.05) is 12.1 Å². The van der Waals surface area contributed by atoms with Gasteiger partial charge in [0.25, 0.3) is 0 Å². The molecule has 0 atom stereocenters. The van der Waals surface area contributed by atoms with E-state index in [1.165, 1.54) is 0 Å². The Bertz CT molecular complexity index is 537. The van der Waals surface area contributed by atoms with Crippen molar-refractivity contribution in [2.45, 2.75) is 0 Å². The lowest BCUT2D eigenvalue weighted by molar-refractivity contribution is -0.155. The molecule has 5 heteroatoms. The molecule has 4 bridgehead atoms. The SMILES string of the molecule is Oc1ccc(Cl)cc1/C=C/C12CN3CN(CN(C3)C1)C2. The van der Waals surface area contributed by atoms with Crippen LogP contribution in [0.3, 0.4) is 0 Å². The summed E-state index contributed by atoms with van der Waals surface area (Å²) >= 11 is 6.00. The van der Waals surface area contributed by atoms with Gasteiger partial charge in [-0.1, -0.05) is 23.8 Å². The van der Waals surface area contributed by atoms with Crippen molar-refractivity contribution >= 4 is 17.7 Å². The van der Waals surface area contributed by atoms with Crippen molar-refractivity contribution < 1.29 is 5.11 Å². The maximum atomic E-state index is 9.91. The summed E-state index contributed by atoms with van der Waals surface area (Å²) in [5.41, 5.74) is 0.983. The largest absolute Gasteiger partial charge is 0.507 e. The smallest absolute Gasteiger partial charge is 0.122 e. The molecule has 0 radical (unpaired) electrons. The second kappa shape index (κ2) is 4.46. The average Bonchev–Trinajstić information content (AvgIpc) is 2.38. The first kappa shape index (κ1) is 12.7. The maximum Gasteiger partial charge on any atom is 0.122 e. The van der Waals surface area contributed by atoms with E-state index in [9.17, 15) is 5.11 Å². The van der Waals surface area contributed by atoms with Gasteiger partial charge in [-0.05, 0) is 18.2 Å². The van der Waals surface area contributed by atoms with Crippen molar-refractivity contribution in [2.24, 2.45) is 5.41 Å². The van der Waals surface area contributed by atoms with E-state index in [-0.39, 0.29) is 11.2 Å². The molecule has 106 valence electrons. The molecule has 4 nitrogen and oxygen atoms in total. The lowest BCUT2D eigenvalue weighted by Gasteiger charge is -2.59. The number of benzene rings is 1. The molecule has 1 aromatic rings. The van der Waals surface area contributed by atoms with Gasteiger partial charge in [-0.2, -0.15) is 0 Å². The topological polar surface area (TPSA) is 30.0 Å². The van der Waals surface area contributed by atoms with E-state index in [0.29, 0.717) is 5.02 Å². The Morgan fingerprint density at radius 3 is 2.25 bits per heavy atom. The van der Waals surface area contributed by atoms with Gasteiger partial charge in [0, 0.05) is 35.6 Å². The molecule has 0 saturated carbocycles. The summed E-state index contributed by atoms with van der Waals surface area (Å²) in [7, 11) is 0. The van der Waals surface area contributed by atoms with Crippen molar-refractivity contribution in [3.63, 3.8) is 0 Å². The molecular weight excluding hydrogens is 274 g/mol. The molecule has 4 fully saturated rings. The molecule has 5 rings (SSSR count). The van der Waals surface area contributed by atoms with Gasteiger partial charge in [0.05, 0.1) is 20.0 Å². The predicted molar refractivity (Wildman–Crippen MR) is 79.3 cm³/mol. The Labute approximate surface area is 123 Å². The summed E-state index contributed by atoms with van der Waals surface area (Å²) in [4.78, 5) is 7.45. The Morgan fingerprint density at radius 2 is 1.65 bits per heavy atom. The number of hydrogen-bond acceptors (Lipinski definition) is 4. The zero-order chi connectivity index (χ0) is 13.7. The standard InChI is InChI=1S/C15H18ClN3O/c16-13-1-2-14(20)12(5-13)3-4-15-6-17-9-18(7-15)11-19(8-15)10-17/h1-5,20H,6-11H2/b4-3+. The third kappa shape index (κ3) is 2.13. The fourth-order valence-corrected chi connectivity index (χ4v) is 4.03. The zero-order valence-electron chi connectivity index (χ0n) is 11.3. The second-order valence-electron chi connectivity index (χ2n) is 6.31. The van der Waals surface area contributed by atoms with Gasteiger partial charge >= 0.3 is 0 Å². The van der Waals surface area contributed by atoms with Crippen LogP contribution in [0, 0.1) is 5.41 Å².